The molecule has 6 heteroatoms. The summed E-state index contributed by atoms with van der Waals surface area (Å²) in [5.74, 6) is 0.620. The van der Waals surface area contributed by atoms with E-state index in [1.165, 1.54) is 0 Å². The van der Waals surface area contributed by atoms with Gasteiger partial charge in [-0.25, -0.2) is 4.68 Å². The van der Waals surface area contributed by atoms with Crippen LogP contribution in [0.25, 0.3) is 0 Å². The van der Waals surface area contributed by atoms with Crippen molar-refractivity contribution >= 4 is 11.6 Å². The summed E-state index contributed by atoms with van der Waals surface area (Å²) in [6.07, 6.45) is 0. The SMILES string of the molecule is CN(c1cccc(C#N)c1)c1nnnn1C. The highest BCUT2D eigenvalue weighted by Gasteiger charge is 2.10. The second-order valence-electron chi connectivity index (χ2n) is 3.32. The molecule has 2 rings (SSSR count). The van der Waals surface area contributed by atoms with E-state index < -0.39 is 0 Å². The number of tetrazole rings is 1. The van der Waals surface area contributed by atoms with E-state index in [1.54, 1.807) is 23.9 Å². The van der Waals surface area contributed by atoms with E-state index in [9.17, 15) is 0 Å². The quantitative estimate of drug-likeness (QED) is 0.741. The van der Waals surface area contributed by atoms with Crippen LogP contribution in [0, 0.1) is 11.3 Å². The summed E-state index contributed by atoms with van der Waals surface area (Å²) >= 11 is 0. The van der Waals surface area contributed by atoms with Gasteiger partial charge in [-0.3, -0.25) is 0 Å². The van der Waals surface area contributed by atoms with E-state index in [-0.39, 0.29) is 0 Å². The molecule has 0 aliphatic carbocycles. The molecule has 0 saturated heterocycles. The van der Waals surface area contributed by atoms with Crippen LogP contribution >= 0.6 is 0 Å². The van der Waals surface area contributed by atoms with Crippen molar-refractivity contribution in [2.75, 3.05) is 11.9 Å². The number of hydrogen-bond acceptors (Lipinski definition) is 5. The van der Waals surface area contributed by atoms with Crippen LogP contribution in [0.3, 0.4) is 0 Å². The predicted octanol–water partition coefficient (Wildman–Crippen LogP) is 0.850. The molecule has 2 aromatic rings. The first kappa shape index (κ1) is 10.1. The summed E-state index contributed by atoms with van der Waals surface area (Å²) in [4.78, 5) is 1.82. The zero-order valence-corrected chi connectivity index (χ0v) is 8.99. The van der Waals surface area contributed by atoms with Gasteiger partial charge in [-0.2, -0.15) is 5.26 Å². The summed E-state index contributed by atoms with van der Waals surface area (Å²) in [6, 6.07) is 9.37. The molecule has 0 aliphatic heterocycles. The third-order valence-electron chi connectivity index (χ3n) is 2.26. The molecule has 0 atom stereocenters. The Labute approximate surface area is 92.7 Å². The van der Waals surface area contributed by atoms with Crippen LogP contribution in [0.5, 0.6) is 0 Å². The maximum Gasteiger partial charge on any atom is 0.249 e. The highest BCUT2D eigenvalue weighted by atomic mass is 15.6. The van der Waals surface area contributed by atoms with Crippen molar-refractivity contribution in [2.24, 2.45) is 7.05 Å². The molecule has 0 radical (unpaired) electrons. The molecular formula is C10H10N6. The molecule has 0 spiro atoms. The van der Waals surface area contributed by atoms with Crippen LogP contribution in [-0.2, 0) is 7.05 Å². The van der Waals surface area contributed by atoms with Crippen molar-refractivity contribution in [3.05, 3.63) is 29.8 Å². The second kappa shape index (κ2) is 3.98. The Morgan fingerprint density at radius 1 is 1.44 bits per heavy atom. The van der Waals surface area contributed by atoms with Crippen molar-refractivity contribution in [1.29, 1.82) is 5.26 Å². The highest BCUT2D eigenvalue weighted by Crippen LogP contribution is 2.20. The molecule has 0 amide bonds. The molecule has 0 fully saturated rings. The van der Waals surface area contributed by atoms with Crippen molar-refractivity contribution in [3.63, 3.8) is 0 Å². The molecule has 0 saturated carbocycles. The third kappa shape index (κ3) is 1.70. The number of rotatable bonds is 2. The second-order valence-corrected chi connectivity index (χ2v) is 3.32. The molecule has 16 heavy (non-hydrogen) atoms. The first-order valence-corrected chi connectivity index (χ1v) is 4.68. The lowest BCUT2D eigenvalue weighted by molar-refractivity contribution is 0.708. The van der Waals surface area contributed by atoms with Gasteiger partial charge in [0.25, 0.3) is 0 Å². The Hall–Kier alpha value is -2.42. The largest absolute Gasteiger partial charge is 0.312 e. The molecule has 1 aromatic heterocycles. The van der Waals surface area contributed by atoms with Crippen LogP contribution < -0.4 is 4.90 Å². The predicted molar refractivity (Wildman–Crippen MR) is 58.0 cm³/mol. The minimum absolute atomic E-state index is 0.611. The molecule has 0 aliphatic rings. The van der Waals surface area contributed by atoms with Crippen LogP contribution in [0.2, 0.25) is 0 Å². The number of aromatic nitrogens is 4. The smallest absolute Gasteiger partial charge is 0.249 e. The Bertz CT molecular complexity index is 538. The minimum atomic E-state index is 0.611. The maximum atomic E-state index is 8.81. The van der Waals surface area contributed by atoms with Crippen LogP contribution in [0.1, 0.15) is 5.56 Å². The fourth-order valence-electron chi connectivity index (χ4n) is 1.41. The highest BCUT2D eigenvalue weighted by molar-refractivity contribution is 5.58. The van der Waals surface area contributed by atoms with Gasteiger partial charge < -0.3 is 4.90 Å². The van der Waals surface area contributed by atoms with Gasteiger partial charge in [0.15, 0.2) is 0 Å². The third-order valence-corrected chi connectivity index (χ3v) is 2.26. The standard InChI is InChI=1S/C10H10N6/c1-15(10-12-13-14-16(10)2)9-5-3-4-8(6-9)7-11/h3-6H,1-2H3. The van der Waals surface area contributed by atoms with E-state index in [0.29, 0.717) is 11.5 Å². The van der Waals surface area contributed by atoms with E-state index in [4.69, 9.17) is 5.26 Å². The molecule has 0 bridgehead atoms. The van der Waals surface area contributed by atoms with E-state index >= 15 is 0 Å². The topological polar surface area (TPSA) is 70.6 Å². The van der Waals surface area contributed by atoms with Gasteiger partial charge >= 0.3 is 0 Å². The lowest BCUT2D eigenvalue weighted by atomic mass is 10.2. The molecular weight excluding hydrogens is 204 g/mol. The summed E-state index contributed by atoms with van der Waals surface area (Å²) < 4.78 is 1.57. The lowest BCUT2D eigenvalue weighted by Crippen LogP contribution is -2.14. The Kier molecular flexibility index (Phi) is 2.52. The Morgan fingerprint density at radius 2 is 2.25 bits per heavy atom. The fourth-order valence-corrected chi connectivity index (χ4v) is 1.41. The lowest BCUT2D eigenvalue weighted by Gasteiger charge is -2.16. The van der Waals surface area contributed by atoms with Gasteiger partial charge in [0, 0.05) is 19.8 Å². The van der Waals surface area contributed by atoms with Crippen molar-refractivity contribution in [3.8, 4) is 6.07 Å². The Balaban J connectivity index is 2.38. The van der Waals surface area contributed by atoms with E-state index in [2.05, 4.69) is 21.6 Å². The Morgan fingerprint density at radius 3 is 2.88 bits per heavy atom. The van der Waals surface area contributed by atoms with Crippen molar-refractivity contribution in [2.45, 2.75) is 0 Å². The average Bonchev–Trinajstić information content (AvgIpc) is 2.74. The van der Waals surface area contributed by atoms with Crippen molar-refractivity contribution < 1.29 is 0 Å². The zero-order chi connectivity index (χ0) is 11.5. The first-order valence-electron chi connectivity index (χ1n) is 4.68. The van der Waals surface area contributed by atoms with Gasteiger partial charge in [0.05, 0.1) is 11.6 Å². The van der Waals surface area contributed by atoms with Gasteiger partial charge in [0.1, 0.15) is 0 Å². The normalized spacial score (nSPS) is 9.81. The summed E-state index contributed by atoms with van der Waals surface area (Å²) in [5, 5.41) is 20.0. The number of benzene rings is 1. The van der Waals surface area contributed by atoms with E-state index in [0.717, 1.165) is 5.69 Å². The number of nitrogens with zero attached hydrogens (tertiary/aromatic N) is 6. The van der Waals surface area contributed by atoms with Crippen LogP contribution in [0.15, 0.2) is 24.3 Å². The maximum absolute atomic E-state index is 8.81. The van der Waals surface area contributed by atoms with E-state index in [1.807, 2.05) is 24.1 Å². The number of aryl methyl sites for hydroxylation is 1. The van der Waals surface area contributed by atoms with Gasteiger partial charge in [-0.1, -0.05) is 11.2 Å². The van der Waals surface area contributed by atoms with Crippen LogP contribution in [0.4, 0.5) is 11.6 Å². The summed E-state index contributed by atoms with van der Waals surface area (Å²) in [7, 11) is 3.61. The molecule has 6 nitrogen and oxygen atoms in total. The molecule has 0 unspecified atom stereocenters. The van der Waals surface area contributed by atoms with Gasteiger partial charge in [0.2, 0.25) is 5.95 Å². The summed E-state index contributed by atoms with van der Waals surface area (Å²) in [6.45, 7) is 0. The molecule has 1 aromatic carbocycles. The van der Waals surface area contributed by atoms with Gasteiger partial charge in [-0.15, -0.1) is 0 Å². The minimum Gasteiger partial charge on any atom is -0.312 e. The van der Waals surface area contributed by atoms with Crippen molar-refractivity contribution in [1.82, 2.24) is 20.2 Å². The zero-order valence-electron chi connectivity index (χ0n) is 8.99. The molecule has 1 heterocycles. The fraction of sp³-hybridized carbons (Fsp3) is 0.200. The number of anilines is 2. The monoisotopic (exact) mass is 214 g/mol. The number of hydrogen-bond donors (Lipinski definition) is 0. The molecule has 80 valence electrons. The summed E-state index contributed by atoms with van der Waals surface area (Å²) in [5.41, 5.74) is 1.48. The first-order chi connectivity index (χ1) is 7.72. The van der Waals surface area contributed by atoms with Crippen LogP contribution in [-0.4, -0.2) is 27.3 Å². The number of nitriles is 1. The van der Waals surface area contributed by atoms with Gasteiger partial charge in [-0.05, 0) is 28.6 Å². The average molecular weight is 214 g/mol. The molecule has 0 N–H and O–H groups in total.